The number of imidazole rings is 1. The lowest BCUT2D eigenvalue weighted by Crippen LogP contribution is -2.37. The molecule has 32 heavy (non-hydrogen) atoms. The molecule has 4 aromatic rings. The van der Waals surface area contributed by atoms with E-state index in [9.17, 15) is 10.2 Å². The molecule has 5 heterocycles. The van der Waals surface area contributed by atoms with Crippen LogP contribution in [0.1, 0.15) is 41.9 Å². The van der Waals surface area contributed by atoms with Crippen LogP contribution in [-0.2, 0) is 4.74 Å². The highest BCUT2D eigenvalue weighted by molar-refractivity contribution is 6.31. The maximum Gasteiger partial charge on any atom is 0.143 e. The Morgan fingerprint density at radius 3 is 2.88 bits per heavy atom. The minimum absolute atomic E-state index is 0.268. The van der Waals surface area contributed by atoms with Gasteiger partial charge in [0, 0.05) is 40.6 Å². The second-order valence-electron chi connectivity index (χ2n) is 9.20. The lowest BCUT2D eigenvalue weighted by atomic mass is 9.80. The molecule has 9 heteroatoms. The van der Waals surface area contributed by atoms with E-state index in [0.29, 0.717) is 24.5 Å². The Balaban J connectivity index is 1.33. The SMILES string of the molecule is Cc1ncnc2c1ccn2[C@@H]1C[C@@]2(CO[C@@H](c3cc4ncc(C)n4cc3Cl)C2)[C@@H](O)[C@H]1O. The first-order valence-electron chi connectivity index (χ1n) is 10.8. The molecule has 1 saturated heterocycles. The minimum Gasteiger partial charge on any atom is -0.390 e. The minimum atomic E-state index is -0.920. The van der Waals surface area contributed by atoms with Gasteiger partial charge < -0.3 is 23.9 Å². The molecule has 8 nitrogen and oxygen atoms in total. The molecule has 2 N–H and O–H groups in total. The number of pyridine rings is 1. The fourth-order valence-electron chi connectivity index (χ4n) is 5.54. The number of fused-ring (bicyclic) bond motifs is 2. The highest BCUT2D eigenvalue weighted by atomic mass is 35.5. The van der Waals surface area contributed by atoms with E-state index in [1.807, 2.05) is 47.3 Å². The van der Waals surface area contributed by atoms with Gasteiger partial charge in [0.1, 0.15) is 23.7 Å². The van der Waals surface area contributed by atoms with Crippen LogP contribution in [0.2, 0.25) is 5.02 Å². The number of rotatable bonds is 2. The van der Waals surface area contributed by atoms with Crippen molar-refractivity contribution in [2.75, 3.05) is 6.61 Å². The average Bonchev–Trinajstić information content (AvgIpc) is 3.53. The molecule has 1 saturated carbocycles. The third kappa shape index (κ3) is 2.76. The lowest BCUT2D eigenvalue weighted by molar-refractivity contribution is -0.0309. The van der Waals surface area contributed by atoms with Crippen LogP contribution in [0.3, 0.4) is 0 Å². The van der Waals surface area contributed by atoms with E-state index < -0.39 is 17.6 Å². The topological polar surface area (TPSA) is 97.7 Å². The summed E-state index contributed by atoms with van der Waals surface area (Å²) >= 11 is 6.60. The first kappa shape index (κ1) is 20.1. The maximum absolute atomic E-state index is 11.1. The Morgan fingerprint density at radius 1 is 1.19 bits per heavy atom. The van der Waals surface area contributed by atoms with E-state index in [-0.39, 0.29) is 12.1 Å². The van der Waals surface area contributed by atoms with Gasteiger partial charge >= 0.3 is 0 Å². The summed E-state index contributed by atoms with van der Waals surface area (Å²) in [5.74, 6) is 0. The summed E-state index contributed by atoms with van der Waals surface area (Å²) in [6.45, 7) is 4.27. The van der Waals surface area contributed by atoms with Crippen molar-refractivity contribution in [3.8, 4) is 0 Å². The number of aryl methyl sites for hydroxylation is 2. The summed E-state index contributed by atoms with van der Waals surface area (Å²) in [6.07, 6.45) is 6.18. The summed E-state index contributed by atoms with van der Waals surface area (Å²) in [7, 11) is 0. The molecular formula is C23H24ClN5O3. The predicted molar refractivity (Wildman–Crippen MR) is 119 cm³/mol. The van der Waals surface area contributed by atoms with Gasteiger partial charge in [-0.25, -0.2) is 15.0 Å². The highest BCUT2D eigenvalue weighted by Gasteiger charge is 2.57. The zero-order valence-electron chi connectivity index (χ0n) is 17.8. The van der Waals surface area contributed by atoms with Gasteiger partial charge in [-0.1, -0.05) is 11.6 Å². The molecule has 0 amide bonds. The summed E-state index contributed by atoms with van der Waals surface area (Å²) in [6, 6.07) is 3.62. The van der Waals surface area contributed by atoms with Crippen LogP contribution in [-0.4, -0.2) is 52.9 Å². The molecular weight excluding hydrogens is 430 g/mol. The molecule has 0 radical (unpaired) electrons. The van der Waals surface area contributed by atoms with Gasteiger partial charge in [0.15, 0.2) is 0 Å². The second-order valence-corrected chi connectivity index (χ2v) is 9.60. The molecule has 0 unspecified atom stereocenters. The maximum atomic E-state index is 11.1. The van der Waals surface area contributed by atoms with Crippen LogP contribution < -0.4 is 0 Å². The molecule has 0 bridgehead atoms. The van der Waals surface area contributed by atoms with Crippen LogP contribution in [0.5, 0.6) is 0 Å². The van der Waals surface area contributed by atoms with Crippen molar-refractivity contribution in [2.45, 2.75) is 51.0 Å². The first-order chi connectivity index (χ1) is 15.4. The van der Waals surface area contributed by atoms with Gasteiger partial charge in [0.2, 0.25) is 0 Å². The van der Waals surface area contributed by atoms with E-state index in [4.69, 9.17) is 16.3 Å². The van der Waals surface area contributed by atoms with E-state index in [2.05, 4.69) is 15.0 Å². The summed E-state index contributed by atoms with van der Waals surface area (Å²) in [5.41, 5.74) is 3.78. The number of hydrogen-bond acceptors (Lipinski definition) is 6. The largest absolute Gasteiger partial charge is 0.390 e. The molecule has 1 spiro atoms. The zero-order chi connectivity index (χ0) is 22.2. The highest BCUT2D eigenvalue weighted by Crippen LogP contribution is 2.55. The van der Waals surface area contributed by atoms with Crippen molar-refractivity contribution >= 4 is 28.3 Å². The van der Waals surface area contributed by atoms with Gasteiger partial charge in [-0.2, -0.15) is 0 Å². The number of hydrogen-bond donors (Lipinski definition) is 2. The summed E-state index contributed by atoms with van der Waals surface area (Å²) in [5, 5.41) is 23.7. The number of aliphatic hydroxyl groups is 2. The van der Waals surface area contributed by atoms with Gasteiger partial charge in [0.05, 0.1) is 35.6 Å². The van der Waals surface area contributed by atoms with Crippen LogP contribution in [0, 0.1) is 19.3 Å². The Hall–Kier alpha value is -2.52. The smallest absolute Gasteiger partial charge is 0.143 e. The molecule has 166 valence electrons. The Bertz CT molecular complexity index is 1350. The monoisotopic (exact) mass is 453 g/mol. The quantitative estimate of drug-likeness (QED) is 0.484. The molecule has 1 aliphatic carbocycles. The van der Waals surface area contributed by atoms with Crippen molar-refractivity contribution in [3.05, 3.63) is 59.0 Å². The number of nitrogens with zero attached hydrogens (tertiary/aromatic N) is 5. The van der Waals surface area contributed by atoms with Crippen LogP contribution in [0.4, 0.5) is 0 Å². The average molecular weight is 454 g/mol. The van der Waals surface area contributed by atoms with Gasteiger partial charge in [0.25, 0.3) is 0 Å². The Kier molecular flexibility index (Phi) is 4.39. The number of aliphatic hydroxyl groups excluding tert-OH is 2. The van der Waals surface area contributed by atoms with Crippen molar-refractivity contribution in [2.24, 2.45) is 5.41 Å². The van der Waals surface area contributed by atoms with Crippen molar-refractivity contribution in [1.29, 1.82) is 0 Å². The fraction of sp³-hybridized carbons (Fsp3) is 0.435. The van der Waals surface area contributed by atoms with E-state index in [1.165, 1.54) is 6.33 Å². The second kappa shape index (κ2) is 6.99. The Morgan fingerprint density at radius 2 is 2.03 bits per heavy atom. The third-order valence-corrected chi connectivity index (χ3v) is 7.67. The van der Waals surface area contributed by atoms with Crippen molar-refractivity contribution < 1.29 is 14.9 Å². The third-order valence-electron chi connectivity index (χ3n) is 7.35. The summed E-state index contributed by atoms with van der Waals surface area (Å²) < 4.78 is 10.1. The Labute approximate surface area is 189 Å². The summed E-state index contributed by atoms with van der Waals surface area (Å²) in [4.78, 5) is 13.1. The fourth-order valence-corrected chi connectivity index (χ4v) is 5.82. The molecule has 2 fully saturated rings. The number of aromatic nitrogens is 5. The lowest BCUT2D eigenvalue weighted by Gasteiger charge is -2.26. The molecule has 5 atom stereocenters. The molecule has 2 aliphatic rings. The number of ether oxygens (including phenoxy) is 1. The molecule has 1 aliphatic heterocycles. The molecule has 6 rings (SSSR count). The first-order valence-corrected chi connectivity index (χ1v) is 11.1. The standard InChI is InChI=1S/C23H24ClN5O3/c1-12-8-25-19-5-15(16(24)9-29(12)19)18-7-23(10-32-18)6-17(20(30)21(23)31)28-4-3-14-13(2)26-11-27-22(14)28/h3-5,8-9,11,17-18,20-21,30-31H,6-7,10H2,1-2H3/t17-,18-,20+,21+,23-/m1/s1. The predicted octanol–water partition coefficient (Wildman–Crippen LogP) is 3.16. The zero-order valence-corrected chi connectivity index (χ0v) is 18.6. The normalized spacial score (nSPS) is 30.3. The van der Waals surface area contributed by atoms with Crippen molar-refractivity contribution in [3.63, 3.8) is 0 Å². The van der Waals surface area contributed by atoms with Gasteiger partial charge in [-0.05, 0) is 38.8 Å². The van der Waals surface area contributed by atoms with Crippen LogP contribution in [0.25, 0.3) is 16.7 Å². The molecule has 4 aromatic heterocycles. The van der Waals surface area contributed by atoms with Crippen LogP contribution >= 0.6 is 11.6 Å². The van der Waals surface area contributed by atoms with Gasteiger partial charge in [-0.15, -0.1) is 0 Å². The van der Waals surface area contributed by atoms with Gasteiger partial charge in [-0.3, -0.25) is 0 Å². The molecule has 0 aromatic carbocycles. The number of halogens is 1. The van der Waals surface area contributed by atoms with E-state index in [0.717, 1.165) is 33.6 Å². The van der Waals surface area contributed by atoms with Crippen molar-refractivity contribution in [1.82, 2.24) is 23.9 Å². The van der Waals surface area contributed by atoms with E-state index >= 15 is 0 Å². The van der Waals surface area contributed by atoms with Crippen LogP contribution in [0.15, 0.2) is 37.1 Å². The van der Waals surface area contributed by atoms with E-state index in [1.54, 1.807) is 6.20 Å².